The zero-order valence-electron chi connectivity index (χ0n) is 7.12. The van der Waals surface area contributed by atoms with Gasteiger partial charge in [0.1, 0.15) is 0 Å². The molecule has 2 unspecified atom stereocenters. The van der Waals surface area contributed by atoms with Crippen molar-refractivity contribution >= 4 is 12.4 Å². The molecule has 0 spiro atoms. The molecule has 0 aromatic rings. The molecule has 12 heavy (non-hydrogen) atoms. The molecule has 0 radical (unpaired) electrons. The van der Waals surface area contributed by atoms with Crippen LogP contribution < -0.4 is 5.32 Å². The van der Waals surface area contributed by atoms with E-state index in [9.17, 15) is 0 Å². The summed E-state index contributed by atoms with van der Waals surface area (Å²) in [4.78, 5) is 0. The summed E-state index contributed by atoms with van der Waals surface area (Å²) in [6.07, 6.45) is 6.11. The molecule has 2 atom stereocenters. The first-order valence-corrected chi connectivity index (χ1v) is 4.54. The normalized spacial score (nSPS) is 39.4. The van der Waals surface area contributed by atoms with Crippen molar-refractivity contribution in [3.63, 3.8) is 0 Å². The Labute approximate surface area is 79.7 Å². The zero-order valence-corrected chi connectivity index (χ0v) is 7.94. The van der Waals surface area contributed by atoms with Crippen LogP contribution >= 0.6 is 12.4 Å². The summed E-state index contributed by atoms with van der Waals surface area (Å²) in [6.45, 7) is 0. The van der Waals surface area contributed by atoms with E-state index in [4.69, 9.17) is 5.26 Å². The highest BCUT2D eigenvalue weighted by Gasteiger charge is 2.30. The van der Waals surface area contributed by atoms with Crippen LogP contribution in [0.15, 0.2) is 0 Å². The molecule has 2 aliphatic rings. The van der Waals surface area contributed by atoms with Crippen molar-refractivity contribution in [2.24, 2.45) is 5.92 Å². The highest BCUT2D eigenvalue weighted by atomic mass is 35.5. The lowest BCUT2D eigenvalue weighted by Gasteiger charge is -2.38. The first kappa shape index (κ1) is 9.83. The average Bonchev–Trinajstić information content (AvgIpc) is 2.03. The van der Waals surface area contributed by atoms with E-state index in [2.05, 4.69) is 11.4 Å². The molecule has 2 nitrogen and oxygen atoms in total. The predicted octanol–water partition coefficient (Wildman–Crippen LogP) is 1.85. The molecule has 68 valence electrons. The van der Waals surface area contributed by atoms with Gasteiger partial charge in [-0.25, -0.2) is 0 Å². The van der Waals surface area contributed by atoms with E-state index >= 15 is 0 Å². The minimum absolute atomic E-state index is 0. The molecule has 0 aromatic carbocycles. The molecule has 3 heteroatoms. The maximum absolute atomic E-state index is 8.77. The van der Waals surface area contributed by atoms with Crippen LogP contribution in [-0.2, 0) is 0 Å². The van der Waals surface area contributed by atoms with Crippen molar-refractivity contribution in [3.8, 4) is 6.07 Å². The number of fused-ring (bicyclic) bond motifs is 2. The van der Waals surface area contributed by atoms with Crippen molar-refractivity contribution in [3.05, 3.63) is 0 Å². The van der Waals surface area contributed by atoms with Gasteiger partial charge in [-0.1, -0.05) is 6.42 Å². The minimum atomic E-state index is 0. The van der Waals surface area contributed by atoms with Gasteiger partial charge in [-0.2, -0.15) is 5.26 Å². The first-order valence-electron chi connectivity index (χ1n) is 4.54. The van der Waals surface area contributed by atoms with E-state index in [0.717, 1.165) is 12.8 Å². The van der Waals surface area contributed by atoms with Gasteiger partial charge in [-0.3, -0.25) is 0 Å². The highest BCUT2D eigenvalue weighted by molar-refractivity contribution is 5.85. The molecular weight excluding hydrogens is 172 g/mol. The zero-order chi connectivity index (χ0) is 7.68. The average molecular weight is 187 g/mol. The quantitative estimate of drug-likeness (QED) is 0.627. The Morgan fingerprint density at radius 2 is 1.75 bits per heavy atom. The van der Waals surface area contributed by atoms with Crippen molar-refractivity contribution in [1.82, 2.24) is 5.32 Å². The number of hydrogen-bond acceptors (Lipinski definition) is 2. The lowest BCUT2D eigenvalue weighted by molar-refractivity contribution is 0.213. The molecule has 0 saturated carbocycles. The maximum atomic E-state index is 8.77. The number of nitrogens with zero attached hydrogens (tertiary/aromatic N) is 1. The van der Waals surface area contributed by atoms with Crippen LogP contribution in [0.1, 0.15) is 32.1 Å². The van der Waals surface area contributed by atoms with Gasteiger partial charge in [-0.05, 0) is 25.7 Å². The van der Waals surface area contributed by atoms with Crippen molar-refractivity contribution in [1.29, 1.82) is 5.26 Å². The molecular formula is C9H15ClN2. The maximum Gasteiger partial charge on any atom is 0.0657 e. The fraction of sp³-hybridized carbons (Fsp3) is 0.889. The number of halogens is 1. The number of piperidine rings is 2. The van der Waals surface area contributed by atoms with Gasteiger partial charge in [0.2, 0.25) is 0 Å². The van der Waals surface area contributed by atoms with Crippen molar-refractivity contribution < 1.29 is 0 Å². The van der Waals surface area contributed by atoms with Crippen LogP contribution in [-0.4, -0.2) is 12.1 Å². The lowest BCUT2D eigenvalue weighted by Crippen LogP contribution is -2.48. The first-order chi connectivity index (χ1) is 5.38. The molecule has 1 N–H and O–H groups in total. The van der Waals surface area contributed by atoms with Gasteiger partial charge in [0.25, 0.3) is 0 Å². The summed E-state index contributed by atoms with van der Waals surface area (Å²) in [7, 11) is 0. The molecule has 2 bridgehead atoms. The van der Waals surface area contributed by atoms with Crippen LogP contribution in [0, 0.1) is 17.2 Å². The Hall–Kier alpha value is -0.260. The summed E-state index contributed by atoms with van der Waals surface area (Å²) < 4.78 is 0. The Bertz CT molecular complexity index is 175. The third kappa shape index (κ3) is 1.91. The predicted molar refractivity (Wildman–Crippen MR) is 50.1 cm³/mol. The van der Waals surface area contributed by atoms with E-state index in [1.807, 2.05) is 0 Å². The van der Waals surface area contributed by atoms with Crippen LogP contribution in [0.2, 0.25) is 0 Å². The molecule has 0 aliphatic carbocycles. The van der Waals surface area contributed by atoms with Gasteiger partial charge in [-0.15, -0.1) is 12.4 Å². The number of nitrogens with one attached hydrogen (secondary N) is 1. The van der Waals surface area contributed by atoms with Crippen LogP contribution in [0.25, 0.3) is 0 Å². The third-order valence-electron chi connectivity index (χ3n) is 2.90. The SMILES string of the molecule is Cl.N#CC1CC2CCCC(C1)N2. The minimum Gasteiger partial charge on any atom is -0.311 e. The molecule has 0 aromatic heterocycles. The second-order valence-corrected chi connectivity index (χ2v) is 3.79. The van der Waals surface area contributed by atoms with Crippen molar-refractivity contribution in [2.45, 2.75) is 44.2 Å². The Morgan fingerprint density at radius 1 is 1.17 bits per heavy atom. The monoisotopic (exact) mass is 186 g/mol. The fourth-order valence-corrected chi connectivity index (χ4v) is 2.37. The largest absolute Gasteiger partial charge is 0.311 e. The molecule has 2 aliphatic heterocycles. The smallest absolute Gasteiger partial charge is 0.0657 e. The second-order valence-electron chi connectivity index (χ2n) is 3.79. The molecule has 2 saturated heterocycles. The summed E-state index contributed by atoms with van der Waals surface area (Å²) in [6, 6.07) is 3.71. The van der Waals surface area contributed by atoms with Gasteiger partial charge in [0, 0.05) is 18.0 Å². The fourth-order valence-electron chi connectivity index (χ4n) is 2.37. The third-order valence-corrected chi connectivity index (χ3v) is 2.90. The molecule has 2 rings (SSSR count). The summed E-state index contributed by atoms with van der Waals surface area (Å²) >= 11 is 0. The summed E-state index contributed by atoms with van der Waals surface area (Å²) in [5, 5.41) is 12.3. The summed E-state index contributed by atoms with van der Waals surface area (Å²) in [5.74, 6) is 0.339. The van der Waals surface area contributed by atoms with E-state index in [0.29, 0.717) is 18.0 Å². The summed E-state index contributed by atoms with van der Waals surface area (Å²) in [5.41, 5.74) is 0. The van der Waals surface area contributed by atoms with E-state index < -0.39 is 0 Å². The van der Waals surface area contributed by atoms with E-state index in [1.165, 1.54) is 19.3 Å². The number of rotatable bonds is 0. The number of nitriles is 1. The topological polar surface area (TPSA) is 35.8 Å². The Kier molecular flexibility index (Phi) is 3.37. The van der Waals surface area contributed by atoms with Crippen LogP contribution in [0.4, 0.5) is 0 Å². The number of hydrogen-bond donors (Lipinski definition) is 1. The van der Waals surface area contributed by atoms with Gasteiger partial charge in [0.15, 0.2) is 0 Å². The molecule has 2 heterocycles. The van der Waals surface area contributed by atoms with Crippen LogP contribution in [0.5, 0.6) is 0 Å². The Balaban J connectivity index is 0.000000720. The van der Waals surface area contributed by atoms with Crippen LogP contribution in [0.3, 0.4) is 0 Å². The van der Waals surface area contributed by atoms with Crippen molar-refractivity contribution in [2.75, 3.05) is 0 Å². The molecule has 2 fully saturated rings. The molecule has 0 amide bonds. The Morgan fingerprint density at radius 3 is 2.25 bits per heavy atom. The second kappa shape index (κ2) is 4.11. The van der Waals surface area contributed by atoms with E-state index in [-0.39, 0.29) is 12.4 Å². The lowest BCUT2D eigenvalue weighted by atomic mass is 9.81. The highest BCUT2D eigenvalue weighted by Crippen LogP contribution is 2.28. The van der Waals surface area contributed by atoms with E-state index in [1.54, 1.807) is 0 Å². The van der Waals surface area contributed by atoms with Gasteiger partial charge in [0.05, 0.1) is 6.07 Å². The standard InChI is InChI=1S/C9H14N2.ClH/c10-6-7-4-8-2-1-3-9(5-7)11-8;/h7-9,11H,1-5H2;1H. The van der Waals surface area contributed by atoms with Gasteiger partial charge < -0.3 is 5.32 Å². The van der Waals surface area contributed by atoms with Gasteiger partial charge >= 0.3 is 0 Å².